The second-order valence-electron chi connectivity index (χ2n) is 7.82. The number of hydrogen-bond donors (Lipinski definition) is 3. The van der Waals surface area contributed by atoms with Crippen LogP contribution in [0.3, 0.4) is 0 Å². The molecule has 3 rings (SSSR count). The molecule has 25 heavy (non-hydrogen) atoms. The van der Waals surface area contributed by atoms with Gasteiger partial charge in [0.2, 0.25) is 11.8 Å². The van der Waals surface area contributed by atoms with Gasteiger partial charge in [-0.3, -0.25) is 9.59 Å². The minimum atomic E-state index is -0.302. The van der Waals surface area contributed by atoms with Crippen molar-refractivity contribution in [2.24, 2.45) is 23.0 Å². The lowest BCUT2D eigenvalue weighted by Gasteiger charge is -2.32. The molecule has 1 aromatic carbocycles. The summed E-state index contributed by atoms with van der Waals surface area (Å²) in [6.07, 6.45) is 4.94. The minimum Gasteiger partial charge on any atom is -0.354 e. The number of nitrogens with one attached hydrogen (secondary N) is 2. The van der Waals surface area contributed by atoms with E-state index in [0.717, 1.165) is 17.9 Å². The van der Waals surface area contributed by atoms with E-state index in [9.17, 15) is 9.59 Å². The van der Waals surface area contributed by atoms with Crippen molar-refractivity contribution in [3.05, 3.63) is 35.9 Å². The Kier molecular flexibility index (Phi) is 5.42. The first kappa shape index (κ1) is 17.9. The van der Waals surface area contributed by atoms with Crippen molar-refractivity contribution in [2.45, 2.75) is 45.1 Å². The van der Waals surface area contributed by atoms with Crippen molar-refractivity contribution < 1.29 is 9.59 Å². The van der Waals surface area contributed by atoms with Gasteiger partial charge >= 0.3 is 0 Å². The number of amides is 2. The van der Waals surface area contributed by atoms with Crippen molar-refractivity contribution in [3.63, 3.8) is 0 Å². The smallest absolute Gasteiger partial charge is 0.226 e. The molecule has 5 heteroatoms. The van der Waals surface area contributed by atoms with Crippen LogP contribution in [-0.4, -0.2) is 24.9 Å². The van der Waals surface area contributed by atoms with Gasteiger partial charge in [-0.15, -0.1) is 0 Å². The van der Waals surface area contributed by atoms with Crippen molar-refractivity contribution in [1.82, 2.24) is 10.6 Å². The molecule has 1 aromatic rings. The molecule has 2 saturated carbocycles. The lowest BCUT2D eigenvalue weighted by molar-refractivity contribution is -0.133. The zero-order valence-corrected chi connectivity index (χ0v) is 15.0. The summed E-state index contributed by atoms with van der Waals surface area (Å²) in [5, 5.41) is 5.85. The second kappa shape index (κ2) is 7.56. The maximum absolute atomic E-state index is 12.5. The number of fused-ring (bicyclic) bond motifs is 2. The monoisotopic (exact) mass is 343 g/mol. The van der Waals surface area contributed by atoms with E-state index in [1.54, 1.807) is 0 Å². The number of rotatable bonds is 7. The minimum absolute atomic E-state index is 0.0864. The van der Waals surface area contributed by atoms with Gasteiger partial charge in [0.15, 0.2) is 0 Å². The SMILES string of the molecule is CC1(C(=O)NCCNC(=O)CC(N)c2ccccc2)CC2CCC1C2. The number of carbonyl (C=O) groups is 2. The van der Waals surface area contributed by atoms with Gasteiger partial charge in [0.1, 0.15) is 0 Å². The molecular formula is C20H29N3O2. The highest BCUT2D eigenvalue weighted by Crippen LogP contribution is 2.55. The molecule has 0 spiro atoms. The predicted octanol–water partition coefficient (Wildman–Crippen LogP) is 2.14. The molecule has 0 aromatic heterocycles. The van der Waals surface area contributed by atoms with Crippen LogP contribution in [0, 0.1) is 17.3 Å². The summed E-state index contributed by atoms with van der Waals surface area (Å²) in [7, 11) is 0. The topological polar surface area (TPSA) is 84.2 Å². The number of nitrogens with two attached hydrogens (primary N) is 1. The van der Waals surface area contributed by atoms with Crippen molar-refractivity contribution >= 4 is 11.8 Å². The van der Waals surface area contributed by atoms with Gasteiger partial charge in [-0.05, 0) is 36.7 Å². The fourth-order valence-corrected chi connectivity index (χ4v) is 4.55. The second-order valence-corrected chi connectivity index (χ2v) is 7.82. The molecule has 2 fully saturated rings. The summed E-state index contributed by atoms with van der Waals surface area (Å²) < 4.78 is 0. The van der Waals surface area contributed by atoms with Crippen molar-refractivity contribution in [3.8, 4) is 0 Å². The van der Waals surface area contributed by atoms with Crippen LogP contribution in [0.4, 0.5) is 0 Å². The Morgan fingerprint density at radius 3 is 2.56 bits per heavy atom. The first-order chi connectivity index (χ1) is 12.0. The van der Waals surface area contributed by atoms with Crippen LogP contribution in [0.2, 0.25) is 0 Å². The third-order valence-corrected chi connectivity index (χ3v) is 6.04. The van der Waals surface area contributed by atoms with Gasteiger partial charge in [-0.2, -0.15) is 0 Å². The first-order valence-electron chi connectivity index (χ1n) is 9.34. The van der Waals surface area contributed by atoms with Crippen LogP contribution in [0.5, 0.6) is 0 Å². The van der Waals surface area contributed by atoms with Gasteiger partial charge in [-0.25, -0.2) is 0 Å². The maximum atomic E-state index is 12.5. The molecule has 4 N–H and O–H groups in total. The van der Waals surface area contributed by atoms with Crippen LogP contribution in [-0.2, 0) is 9.59 Å². The van der Waals surface area contributed by atoms with Gasteiger partial charge in [-0.1, -0.05) is 43.7 Å². The molecule has 0 heterocycles. The molecular weight excluding hydrogens is 314 g/mol. The third-order valence-electron chi connectivity index (χ3n) is 6.04. The zero-order valence-electron chi connectivity index (χ0n) is 15.0. The number of benzene rings is 1. The zero-order chi connectivity index (χ0) is 17.9. The summed E-state index contributed by atoms with van der Waals surface area (Å²) in [6.45, 7) is 3.01. The Morgan fingerprint density at radius 1 is 1.20 bits per heavy atom. The fraction of sp³-hybridized carbons (Fsp3) is 0.600. The molecule has 4 unspecified atom stereocenters. The highest BCUT2D eigenvalue weighted by Gasteiger charge is 2.52. The molecule has 2 aliphatic carbocycles. The quantitative estimate of drug-likeness (QED) is 0.663. The van der Waals surface area contributed by atoms with E-state index in [1.807, 2.05) is 30.3 Å². The molecule has 2 amide bonds. The van der Waals surface area contributed by atoms with Crippen LogP contribution >= 0.6 is 0 Å². The molecule has 136 valence electrons. The largest absolute Gasteiger partial charge is 0.354 e. The van der Waals surface area contributed by atoms with Gasteiger partial charge < -0.3 is 16.4 Å². The molecule has 0 aliphatic heterocycles. The molecule has 0 saturated heterocycles. The van der Waals surface area contributed by atoms with E-state index in [0.29, 0.717) is 19.0 Å². The molecule has 4 atom stereocenters. The van der Waals surface area contributed by atoms with E-state index >= 15 is 0 Å². The van der Waals surface area contributed by atoms with Gasteiger partial charge in [0.05, 0.1) is 0 Å². The Balaban J connectivity index is 1.36. The van der Waals surface area contributed by atoms with E-state index < -0.39 is 0 Å². The summed E-state index contributed by atoms with van der Waals surface area (Å²) in [5.41, 5.74) is 6.80. The predicted molar refractivity (Wildman–Crippen MR) is 97.6 cm³/mol. The van der Waals surface area contributed by atoms with E-state index in [1.165, 1.54) is 19.3 Å². The average molecular weight is 343 g/mol. The Bertz CT molecular complexity index is 619. The number of hydrogen-bond acceptors (Lipinski definition) is 3. The highest BCUT2D eigenvalue weighted by atomic mass is 16.2. The maximum Gasteiger partial charge on any atom is 0.226 e. The molecule has 5 nitrogen and oxygen atoms in total. The standard InChI is InChI=1S/C20H29N3O2/c1-20(13-14-7-8-16(20)11-14)19(25)23-10-9-22-18(24)12-17(21)15-5-3-2-4-6-15/h2-6,14,16-17H,7-13,21H2,1H3,(H,22,24)(H,23,25). The summed E-state index contributed by atoms with van der Waals surface area (Å²) in [4.78, 5) is 24.5. The van der Waals surface area contributed by atoms with Crippen molar-refractivity contribution in [1.29, 1.82) is 0 Å². The summed E-state index contributed by atoms with van der Waals surface area (Å²) >= 11 is 0. The van der Waals surface area contributed by atoms with Crippen LogP contribution < -0.4 is 16.4 Å². The summed E-state index contributed by atoms with van der Waals surface area (Å²) in [5.74, 6) is 1.34. The Hall–Kier alpha value is -1.88. The van der Waals surface area contributed by atoms with E-state index in [4.69, 9.17) is 5.73 Å². The first-order valence-corrected chi connectivity index (χ1v) is 9.34. The summed E-state index contributed by atoms with van der Waals surface area (Å²) in [6, 6.07) is 9.30. The highest BCUT2D eigenvalue weighted by molar-refractivity contribution is 5.83. The molecule has 0 radical (unpaired) electrons. The van der Waals surface area contributed by atoms with E-state index in [2.05, 4.69) is 17.6 Å². The normalized spacial score (nSPS) is 28.6. The molecule has 2 bridgehead atoms. The van der Waals surface area contributed by atoms with Crippen LogP contribution in [0.1, 0.15) is 50.6 Å². The fourth-order valence-electron chi connectivity index (χ4n) is 4.55. The van der Waals surface area contributed by atoms with E-state index in [-0.39, 0.29) is 29.7 Å². The van der Waals surface area contributed by atoms with Gasteiger partial charge in [0.25, 0.3) is 0 Å². The van der Waals surface area contributed by atoms with Gasteiger partial charge in [0, 0.05) is 31.0 Å². The lowest BCUT2D eigenvalue weighted by Crippen LogP contribution is -2.45. The third kappa shape index (κ3) is 4.03. The Labute approximate surface area is 149 Å². The molecule has 2 aliphatic rings. The number of carbonyl (C=O) groups excluding carboxylic acids is 2. The van der Waals surface area contributed by atoms with Crippen LogP contribution in [0.25, 0.3) is 0 Å². The van der Waals surface area contributed by atoms with Crippen LogP contribution in [0.15, 0.2) is 30.3 Å². The Morgan fingerprint density at radius 2 is 1.92 bits per heavy atom. The lowest BCUT2D eigenvalue weighted by atomic mass is 9.74. The van der Waals surface area contributed by atoms with Crippen molar-refractivity contribution in [2.75, 3.05) is 13.1 Å². The average Bonchev–Trinajstić information content (AvgIpc) is 3.20.